The molecule has 0 saturated carbocycles. The van der Waals surface area contributed by atoms with Gasteiger partial charge in [0.1, 0.15) is 66.5 Å². The molecule has 106 heavy (non-hydrogen) atoms. The number of ketones is 1. The van der Waals surface area contributed by atoms with E-state index in [4.69, 9.17) is 4.74 Å². The number of nitrogens with zero attached hydrogens (tertiary/aromatic N) is 11. The van der Waals surface area contributed by atoms with Crippen molar-refractivity contribution in [2.24, 2.45) is 53.9 Å². The maximum atomic E-state index is 15.5. The number of rotatable bonds is 24. The number of amides is 13. The second-order valence-corrected chi connectivity index (χ2v) is 32.7. The van der Waals surface area contributed by atoms with Crippen molar-refractivity contribution in [2.45, 2.75) is 261 Å². The van der Waals surface area contributed by atoms with Crippen molar-refractivity contribution in [2.75, 3.05) is 68.7 Å². The Kier molecular flexibility index (Phi) is 37.7. The Bertz CT molecular complexity index is 3200. The minimum Gasteiger partial charge on any atom is -0.453 e. The van der Waals surface area contributed by atoms with Gasteiger partial charge in [-0.2, -0.15) is 0 Å². The van der Waals surface area contributed by atoms with Gasteiger partial charge in [0, 0.05) is 80.0 Å². The standard InChI is InChI=1S/C73H129N17O15S/c1-29-49-66(99)84(21)48(17)65(98)89(26)58(73(18,19)38-83(20)69(102)53(42(8)9)79-72(104)105-28)63(96)77-54(43(10)11)70(103)85(22)50(35-39(2)3)60(93)74-46(15)59(92)75-47(16)64(97)86(23)51(36-40(4)5)67(100)87(24)52(37-41(6)7)68(101)88(25)56(44(12)13)62(95)78-55(61(94)76-49)57(91)45(14)33-31-30-32-34-106-71-80-81-82-90(71)27/h39-56,58H,29-38H2,1-28H3,(H,74,93)(H,75,92)(H,76,94)(H,77,96)(H,78,95)(H,79,104)/t45-,46+,47-,48-,49+,50-,51+,52+,53+,54+,55+,56-,58-/m1/s1. The first kappa shape index (κ1) is 94.1. The number of thioether (sulfide) groups is 1. The van der Waals surface area contributed by atoms with E-state index in [2.05, 4.69) is 47.4 Å². The van der Waals surface area contributed by atoms with E-state index in [9.17, 15) is 28.8 Å². The number of unbranched alkanes of at least 4 members (excludes halogenated alkanes) is 2. The first-order valence-electron chi connectivity index (χ1n) is 37.1. The average Bonchev–Trinajstić information content (AvgIpc) is 0.865. The van der Waals surface area contributed by atoms with Gasteiger partial charge in [0.25, 0.3) is 5.91 Å². The van der Waals surface area contributed by atoms with Crippen LogP contribution in [0.4, 0.5) is 4.79 Å². The molecule has 1 aliphatic rings. The number of nitrogens with one attached hydrogen (secondary N) is 6. The zero-order chi connectivity index (χ0) is 81.6. The van der Waals surface area contributed by atoms with Gasteiger partial charge in [0.2, 0.25) is 70.1 Å². The van der Waals surface area contributed by atoms with Gasteiger partial charge in [-0.25, -0.2) is 9.48 Å². The highest BCUT2D eigenvalue weighted by Gasteiger charge is 2.48. The number of hydrogen-bond donors (Lipinski definition) is 6. The highest BCUT2D eigenvalue weighted by Crippen LogP contribution is 2.30. The first-order valence-corrected chi connectivity index (χ1v) is 38.1. The van der Waals surface area contributed by atoms with E-state index < -0.39 is 184 Å². The Morgan fingerprint density at radius 1 is 0.566 bits per heavy atom. The Labute approximate surface area is 633 Å². The number of carbonyl (C=O) groups excluding carboxylic acids is 14. The quantitative estimate of drug-likeness (QED) is 0.0491. The van der Waals surface area contributed by atoms with Crippen LogP contribution in [0.5, 0.6) is 0 Å². The molecule has 13 amide bonds. The molecule has 0 bridgehead atoms. The van der Waals surface area contributed by atoms with Gasteiger partial charge in [-0.1, -0.05) is 135 Å². The molecule has 0 unspecified atom stereocenters. The van der Waals surface area contributed by atoms with Gasteiger partial charge in [0.15, 0.2) is 11.8 Å². The number of Topliss-reactive ketones (excluding diaryl/α,β-unsaturated/α-hetero) is 1. The summed E-state index contributed by atoms with van der Waals surface area (Å²) < 4.78 is 6.37. The molecule has 1 aromatic heterocycles. The second kappa shape index (κ2) is 42.5. The summed E-state index contributed by atoms with van der Waals surface area (Å²) in [7, 11) is 12.6. The lowest BCUT2D eigenvalue weighted by Crippen LogP contribution is -2.65. The van der Waals surface area contributed by atoms with Gasteiger partial charge < -0.3 is 70.9 Å². The van der Waals surface area contributed by atoms with E-state index in [0.717, 1.165) is 23.3 Å². The SMILES string of the molecule is CC[C@@H]1NC(=O)[C@H](C(=O)[C@H](C)CCCCCSc2nnnn2C)NC(=O)[C@@H](C(C)C)N(C)C(=O)[C@H](CC(C)C)N(C)C(=O)[C@H](CC(C)C)N(C)C(=O)[C@@H](C)NC(=O)[C@H](C)NC(=O)[C@@H](CC(C)C)N(C)C(=O)[C@H](C(C)C)NC(=O)[C@H](C(C)(C)CN(C)C(=O)[C@@H](NC(=O)OC)C(C)C)N(C)C(=O)[C@@H](C)N(C)C1=O. The first-order chi connectivity index (χ1) is 49.0. The molecule has 1 aliphatic heterocycles. The predicted molar refractivity (Wildman–Crippen MR) is 402 cm³/mol. The fraction of sp³-hybridized carbons (Fsp3) is 0.795. The van der Waals surface area contributed by atoms with Crippen molar-refractivity contribution in [1.82, 2.24) is 86.4 Å². The van der Waals surface area contributed by atoms with Crippen LogP contribution in [0.3, 0.4) is 0 Å². The van der Waals surface area contributed by atoms with Crippen LogP contribution in [0.1, 0.15) is 183 Å². The van der Waals surface area contributed by atoms with Crippen LogP contribution >= 0.6 is 11.8 Å². The van der Waals surface area contributed by atoms with Gasteiger partial charge in [-0.15, -0.1) is 5.10 Å². The highest BCUT2D eigenvalue weighted by atomic mass is 32.2. The summed E-state index contributed by atoms with van der Waals surface area (Å²) >= 11 is 1.46. The number of aryl methyl sites for hydroxylation is 1. The fourth-order valence-corrected chi connectivity index (χ4v) is 14.1. The minimum absolute atomic E-state index is 0.0693. The lowest BCUT2D eigenvalue weighted by Gasteiger charge is -2.44. The average molecular weight is 1520 g/mol. The van der Waals surface area contributed by atoms with E-state index >= 15 is 38.4 Å². The molecule has 0 radical (unpaired) electrons. The van der Waals surface area contributed by atoms with Crippen LogP contribution in [0.25, 0.3) is 0 Å². The van der Waals surface area contributed by atoms with Crippen molar-refractivity contribution < 1.29 is 71.9 Å². The largest absolute Gasteiger partial charge is 0.453 e. The van der Waals surface area contributed by atoms with Gasteiger partial charge in [-0.3, -0.25) is 62.3 Å². The lowest BCUT2D eigenvalue weighted by molar-refractivity contribution is -0.154. The summed E-state index contributed by atoms with van der Waals surface area (Å²) in [5.74, 6) is -12.7. The topological polar surface area (TPSA) is 387 Å². The number of ether oxygens (including phenoxy) is 1. The Morgan fingerprint density at radius 2 is 1.08 bits per heavy atom. The van der Waals surface area contributed by atoms with Crippen LogP contribution < -0.4 is 31.9 Å². The molecule has 2 rings (SSSR count). The van der Waals surface area contributed by atoms with Gasteiger partial charge >= 0.3 is 6.09 Å². The van der Waals surface area contributed by atoms with E-state index in [1.54, 1.807) is 81.0 Å². The van der Waals surface area contributed by atoms with Crippen LogP contribution in [0.15, 0.2) is 5.16 Å². The van der Waals surface area contributed by atoms with E-state index in [0.29, 0.717) is 23.8 Å². The van der Waals surface area contributed by atoms with Gasteiger partial charge in [0.05, 0.1) is 7.11 Å². The molecule has 602 valence electrons. The van der Waals surface area contributed by atoms with Crippen molar-refractivity contribution in [1.29, 1.82) is 0 Å². The molecule has 6 N–H and O–H groups in total. The number of carbonyl (C=O) groups is 14. The maximum absolute atomic E-state index is 15.5. The third kappa shape index (κ3) is 26.2. The number of hydrogen-bond acceptors (Lipinski definition) is 19. The number of alkyl carbamates (subject to hydrolysis) is 1. The molecule has 1 saturated heterocycles. The molecule has 0 spiro atoms. The summed E-state index contributed by atoms with van der Waals surface area (Å²) in [4.78, 5) is 215. The molecule has 33 heteroatoms. The Balaban J connectivity index is 3.10. The third-order valence-electron chi connectivity index (χ3n) is 19.6. The molecule has 2 heterocycles. The van der Waals surface area contributed by atoms with Crippen molar-refractivity contribution in [3.05, 3.63) is 0 Å². The molecule has 32 nitrogen and oxygen atoms in total. The zero-order valence-corrected chi connectivity index (χ0v) is 69.3. The predicted octanol–water partition coefficient (Wildman–Crippen LogP) is 3.25. The maximum Gasteiger partial charge on any atom is 0.407 e. The Hall–Kier alpha value is -8.00. The van der Waals surface area contributed by atoms with Crippen molar-refractivity contribution in [3.63, 3.8) is 0 Å². The Morgan fingerprint density at radius 3 is 1.58 bits per heavy atom. The van der Waals surface area contributed by atoms with Crippen LogP contribution in [-0.2, 0) is 74.1 Å². The number of aromatic nitrogens is 4. The zero-order valence-electron chi connectivity index (χ0n) is 68.5. The summed E-state index contributed by atoms with van der Waals surface area (Å²) in [6.07, 6.45) is 1.50. The molecule has 1 fully saturated rings. The molecule has 0 aromatic carbocycles. The molecular formula is C73H129N17O15S. The summed E-state index contributed by atoms with van der Waals surface area (Å²) in [6, 6.07) is -16.6. The molecule has 13 atom stereocenters. The third-order valence-corrected chi connectivity index (χ3v) is 20.7. The van der Waals surface area contributed by atoms with E-state index in [-0.39, 0.29) is 56.4 Å². The van der Waals surface area contributed by atoms with Crippen LogP contribution in [0, 0.1) is 46.8 Å². The highest BCUT2D eigenvalue weighted by molar-refractivity contribution is 7.99. The summed E-state index contributed by atoms with van der Waals surface area (Å²) in [5.41, 5.74) is -1.46. The number of methoxy groups -OCH3 is 1. The molecule has 0 aliphatic carbocycles. The van der Waals surface area contributed by atoms with Crippen LogP contribution in [-0.4, -0.2) is 279 Å². The summed E-state index contributed by atoms with van der Waals surface area (Å²) in [5, 5.41) is 28.3. The second-order valence-electron chi connectivity index (χ2n) is 31.6. The van der Waals surface area contributed by atoms with Crippen molar-refractivity contribution in [3.8, 4) is 0 Å². The fourth-order valence-electron chi connectivity index (χ4n) is 13.2. The monoisotopic (exact) mass is 1520 g/mol. The lowest BCUT2D eigenvalue weighted by atomic mass is 9.81. The molecule has 1 aromatic rings. The number of tetrazole rings is 1. The summed E-state index contributed by atoms with van der Waals surface area (Å²) in [6.45, 7) is 31.5. The smallest absolute Gasteiger partial charge is 0.407 e. The van der Waals surface area contributed by atoms with E-state index in [1.807, 2.05) is 41.5 Å². The normalized spacial score (nSPS) is 24.4. The minimum atomic E-state index is -1.95. The number of likely N-dealkylation sites (N-methyl/N-ethyl adjacent to an activating group) is 7. The van der Waals surface area contributed by atoms with Gasteiger partial charge in [-0.05, 0) is 105 Å². The van der Waals surface area contributed by atoms with Crippen molar-refractivity contribution >= 4 is 94.5 Å². The van der Waals surface area contributed by atoms with Crippen LogP contribution in [0.2, 0.25) is 0 Å². The molecular weight excluding hydrogens is 1390 g/mol. The van der Waals surface area contributed by atoms with E-state index in [1.165, 1.54) is 106 Å².